The van der Waals surface area contributed by atoms with Crippen molar-refractivity contribution in [1.82, 2.24) is 10.2 Å². The fourth-order valence-corrected chi connectivity index (χ4v) is 4.45. The van der Waals surface area contributed by atoms with Crippen molar-refractivity contribution in [1.29, 1.82) is 0 Å². The third-order valence-corrected chi connectivity index (χ3v) is 6.03. The normalized spacial score (nSPS) is 19.4. The summed E-state index contributed by atoms with van der Waals surface area (Å²) in [6.07, 6.45) is 9.06. The van der Waals surface area contributed by atoms with Crippen LogP contribution in [-0.4, -0.2) is 30.4 Å². The molecule has 2 aromatic rings. The number of carbonyl (C=O) groups excluding carboxylic acids is 1. The van der Waals surface area contributed by atoms with Crippen molar-refractivity contribution < 1.29 is 4.79 Å². The predicted octanol–water partition coefficient (Wildman–Crippen LogP) is 5.38. The molecule has 3 rings (SSSR count). The molecule has 154 valence electrons. The second kappa shape index (κ2) is 11.0. The molecule has 0 bridgehead atoms. The van der Waals surface area contributed by atoms with Gasteiger partial charge in [0.25, 0.3) is 0 Å². The van der Waals surface area contributed by atoms with Crippen LogP contribution in [0.5, 0.6) is 0 Å². The molecule has 1 aliphatic rings. The first-order valence-electron chi connectivity index (χ1n) is 11.0. The van der Waals surface area contributed by atoms with E-state index in [4.69, 9.17) is 0 Å². The molecule has 0 aliphatic heterocycles. The van der Waals surface area contributed by atoms with Gasteiger partial charge in [-0.3, -0.25) is 4.79 Å². The van der Waals surface area contributed by atoms with Gasteiger partial charge in [0.15, 0.2) is 0 Å². The highest BCUT2D eigenvalue weighted by molar-refractivity contribution is 5.79. The van der Waals surface area contributed by atoms with Gasteiger partial charge in [-0.1, -0.05) is 66.7 Å². The fraction of sp³-hybridized carbons (Fsp3) is 0.423. The molecule has 0 spiro atoms. The molecule has 29 heavy (non-hydrogen) atoms. The van der Waals surface area contributed by atoms with Gasteiger partial charge in [0.1, 0.15) is 0 Å². The van der Waals surface area contributed by atoms with Gasteiger partial charge < -0.3 is 10.2 Å². The van der Waals surface area contributed by atoms with Gasteiger partial charge in [0, 0.05) is 25.6 Å². The molecule has 1 amide bonds. The predicted molar refractivity (Wildman–Crippen MR) is 122 cm³/mol. The number of nitrogens with one attached hydrogen (secondary N) is 1. The molecule has 0 heterocycles. The lowest BCUT2D eigenvalue weighted by molar-refractivity contribution is -0.133. The molecule has 0 unspecified atom stereocenters. The maximum atomic E-state index is 12.8. The van der Waals surface area contributed by atoms with Crippen LogP contribution in [0.3, 0.4) is 0 Å². The van der Waals surface area contributed by atoms with Crippen LogP contribution in [0.25, 0.3) is 6.08 Å². The average Bonchev–Trinajstić information content (AvgIpc) is 2.76. The van der Waals surface area contributed by atoms with Gasteiger partial charge in [-0.05, 0) is 62.3 Å². The lowest BCUT2D eigenvalue weighted by atomic mass is 9.81. The van der Waals surface area contributed by atoms with Crippen LogP contribution in [-0.2, 0) is 11.3 Å². The van der Waals surface area contributed by atoms with E-state index in [0.29, 0.717) is 18.4 Å². The third kappa shape index (κ3) is 6.04. The summed E-state index contributed by atoms with van der Waals surface area (Å²) in [6.45, 7) is 3.82. The smallest absolute Gasteiger partial charge is 0.226 e. The minimum Gasteiger partial charge on any atom is -0.340 e. The minimum atomic E-state index is 0.250. The SMILES string of the molecule is CCN(C(=O)C/C=C/c1ccccc1)C1CCC(c2ccc(CNC)cc2)CC1. The Morgan fingerprint density at radius 1 is 1.03 bits per heavy atom. The zero-order valence-corrected chi connectivity index (χ0v) is 17.8. The van der Waals surface area contributed by atoms with E-state index in [9.17, 15) is 4.79 Å². The average molecular weight is 391 g/mol. The second-order valence-electron chi connectivity index (χ2n) is 7.97. The van der Waals surface area contributed by atoms with Gasteiger partial charge in [-0.15, -0.1) is 0 Å². The molecule has 0 aromatic heterocycles. The van der Waals surface area contributed by atoms with E-state index in [-0.39, 0.29) is 5.91 Å². The molecular formula is C26H34N2O. The van der Waals surface area contributed by atoms with Crippen LogP contribution < -0.4 is 5.32 Å². The Bertz CT molecular complexity index is 774. The summed E-state index contributed by atoms with van der Waals surface area (Å²) in [4.78, 5) is 14.9. The summed E-state index contributed by atoms with van der Waals surface area (Å²) in [7, 11) is 1.98. The van der Waals surface area contributed by atoms with Crippen LogP contribution in [0.4, 0.5) is 0 Å². The lowest BCUT2D eigenvalue weighted by Crippen LogP contribution is -2.41. The molecule has 3 nitrogen and oxygen atoms in total. The van der Waals surface area contributed by atoms with Crippen molar-refractivity contribution in [3.05, 3.63) is 77.4 Å². The Morgan fingerprint density at radius 3 is 2.34 bits per heavy atom. The molecule has 2 aromatic carbocycles. The van der Waals surface area contributed by atoms with Crippen molar-refractivity contribution in [3.8, 4) is 0 Å². The number of hydrogen-bond acceptors (Lipinski definition) is 2. The summed E-state index contributed by atoms with van der Waals surface area (Å²) in [5, 5.41) is 3.20. The molecule has 1 aliphatic carbocycles. The summed E-state index contributed by atoms with van der Waals surface area (Å²) < 4.78 is 0. The van der Waals surface area contributed by atoms with Crippen LogP contribution in [0.2, 0.25) is 0 Å². The highest BCUT2D eigenvalue weighted by Crippen LogP contribution is 2.35. The molecule has 3 heteroatoms. The third-order valence-electron chi connectivity index (χ3n) is 6.03. The van der Waals surface area contributed by atoms with Gasteiger partial charge in [0.2, 0.25) is 5.91 Å². The molecule has 0 atom stereocenters. The van der Waals surface area contributed by atoms with E-state index >= 15 is 0 Å². The summed E-state index contributed by atoms with van der Waals surface area (Å²) >= 11 is 0. The van der Waals surface area contributed by atoms with Crippen molar-refractivity contribution >= 4 is 12.0 Å². The summed E-state index contributed by atoms with van der Waals surface area (Å²) in [5.41, 5.74) is 3.92. The molecule has 0 saturated heterocycles. The van der Waals surface area contributed by atoms with Crippen LogP contribution >= 0.6 is 0 Å². The number of rotatable bonds is 8. The minimum absolute atomic E-state index is 0.250. The molecule has 1 saturated carbocycles. The highest BCUT2D eigenvalue weighted by atomic mass is 16.2. The zero-order chi connectivity index (χ0) is 20.5. The van der Waals surface area contributed by atoms with Gasteiger partial charge in [0.05, 0.1) is 0 Å². The Balaban J connectivity index is 1.51. The topological polar surface area (TPSA) is 32.3 Å². The Hall–Kier alpha value is -2.39. The Labute approximate surface area is 175 Å². The van der Waals surface area contributed by atoms with E-state index in [2.05, 4.69) is 53.5 Å². The number of nitrogens with zero attached hydrogens (tertiary/aromatic N) is 1. The standard InChI is InChI=1S/C26H34N2O/c1-3-28(26(29)11-7-10-21-8-5-4-6-9-21)25-18-16-24(17-19-25)23-14-12-22(13-15-23)20-27-2/h4-10,12-15,24-25,27H,3,11,16-20H2,1-2H3/b10-7+. The summed E-state index contributed by atoms with van der Waals surface area (Å²) in [5.74, 6) is 0.876. The Morgan fingerprint density at radius 2 is 1.72 bits per heavy atom. The fourth-order valence-electron chi connectivity index (χ4n) is 4.45. The highest BCUT2D eigenvalue weighted by Gasteiger charge is 2.28. The Kier molecular flexibility index (Phi) is 8.06. The number of carbonyl (C=O) groups is 1. The molecule has 1 N–H and O–H groups in total. The van der Waals surface area contributed by atoms with Crippen molar-refractivity contribution in [2.45, 2.75) is 57.5 Å². The lowest BCUT2D eigenvalue weighted by Gasteiger charge is -2.36. The largest absolute Gasteiger partial charge is 0.340 e. The first-order valence-corrected chi connectivity index (χ1v) is 11.0. The molecular weight excluding hydrogens is 356 g/mol. The quantitative estimate of drug-likeness (QED) is 0.656. The number of benzene rings is 2. The maximum Gasteiger partial charge on any atom is 0.226 e. The number of amides is 1. The summed E-state index contributed by atoms with van der Waals surface area (Å²) in [6, 6.07) is 19.6. The van der Waals surface area contributed by atoms with E-state index < -0.39 is 0 Å². The van der Waals surface area contributed by atoms with E-state index in [0.717, 1.165) is 31.5 Å². The second-order valence-corrected chi connectivity index (χ2v) is 7.97. The van der Waals surface area contributed by atoms with Crippen molar-refractivity contribution in [2.75, 3.05) is 13.6 Å². The van der Waals surface area contributed by atoms with Crippen LogP contribution in [0.15, 0.2) is 60.7 Å². The first-order chi connectivity index (χ1) is 14.2. The van der Waals surface area contributed by atoms with Gasteiger partial charge in [-0.2, -0.15) is 0 Å². The zero-order valence-electron chi connectivity index (χ0n) is 17.8. The first kappa shape index (κ1) is 21.3. The maximum absolute atomic E-state index is 12.8. The van der Waals surface area contributed by atoms with Crippen LogP contribution in [0, 0.1) is 0 Å². The number of hydrogen-bond donors (Lipinski definition) is 1. The van der Waals surface area contributed by atoms with E-state index in [1.807, 2.05) is 37.4 Å². The van der Waals surface area contributed by atoms with Gasteiger partial charge in [-0.25, -0.2) is 0 Å². The monoisotopic (exact) mass is 390 g/mol. The van der Waals surface area contributed by atoms with E-state index in [1.54, 1.807) is 0 Å². The molecule has 0 radical (unpaired) electrons. The van der Waals surface area contributed by atoms with E-state index in [1.165, 1.54) is 24.0 Å². The van der Waals surface area contributed by atoms with Crippen LogP contribution in [0.1, 0.15) is 61.6 Å². The van der Waals surface area contributed by atoms with Crippen molar-refractivity contribution in [3.63, 3.8) is 0 Å². The van der Waals surface area contributed by atoms with Crippen molar-refractivity contribution in [2.24, 2.45) is 0 Å². The van der Waals surface area contributed by atoms with Gasteiger partial charge >= 0.3 is 0 Å². The molecule has 1 fully saturated rings.